The fourth-order valence-electron chi connectivity index (χ4n) is 3.67. The lowest BCUT2D eigenvalue weighted by atomic mass is 9.87. The minimum absolute atomic E-state index is 0.0213. The van der Waals surface area contributed by atoms with Gasteiger partial charge in [-0.2, -0.15) is 5.10 Å². The van der Waals surface area contributed by atoms with Crippen LogP contribution in [0.25, 0.3) is 0 Å². The highest BCUT2D eigenvalue weighted by Gasteiger charge is 2.22. The van der Waals surface area contributed by atoms with Crippen LogP contribution in [0.4, 0.5) is 0 Å². The quantitative estimate of drug-likeness (QED) is 0.769. The molecule has 0 aliphatic heterocycles. The van der Waals surface area contributed by atoms with Crippen LogP contribution in [-0.4, -0.2) is 11.6 Å². The summed E-state index contributed by atoms with van der Waals surface area (Å²) in [5.74, 6) is 0.773. The average molecular weight is 333 g/mol. The van der Waals surface area contributed by atoms with Crippen molar-refractivity contribution in [1.82, 2.24) is 5.43 Å². The van der Waals surface area contributed by atoms with Gasteiger partial charge in [-0.3, -0.25) is 4.79 Å². The number of nitrogens with one attached hydrogen (secondary N) is 1. The van der Waals surface area contributed by atoms with Crippen LogP contribution in [0.15, 0.2) is 11.2 Å². The molecule has 2 aliphatic carbocycles. The number of hydrogen-bond acceptors (Lipinski definition) is 3. The summed E-state index contributed by atoms with van der Waals surface area (Å²) in [6.45, 7) is 2.26. The van der Waals surface area contributed by atoms with E-state index < -0.39 is 0 Å². The molecular formula is C19H28N2OS. The van der Waals surface area contributed by atoms with Gasteiger partial charge in [-0.1, -0.05) is 32.6 Å². The summed E-state index contributed by atoms with van der Waals surface area (Å²) in [6, 6.07) is 2.11. The molecule has 1 N–H and O–H groups in total. The Morgan fingerprint density at radius 2 is 1.96 bits per heavy atom. The first-order valence-corrected chi connectivity index (χ1v) is 10.0. The minimum atomic E-state index is -0.0213. The molecular weight excluding hydrogens is 304 g/mol. The number of amides is 1. The maximum absolute atomic E-state index is 12.4. The summed E-state index contributed by atoms with van der Waals surface area (Å²) in [7, 11) is 0. The lowest BCUT2D eigenvalue weighted by Crippen LogP contribution is -2.19. The van der Waals surface area contributed by atoms with Crippen molar-refractivity contribution in [2.45, 2.75) is 77.6 Å². The Morgan fingerprint density at radius 1 is 1.22 bits per heavy atom. The molecule has 1 amide bonds. The van der Waals surface area contributed by atoms with Gasteiger partial charge in [0.05, 0.1) is 4.88 Å². The second-order valence-electron chi connectivity index (χ2n) is 6.96. The Labute approximate surface area is 143 Å². The van der Waals surface area contributed by atoms with E-state index in [0.29, 0.717) is 0 Å². The van der Waals surface area contributed by atoms with Crippen molar-refractivity contribution in [3.05, 3.63) is 21.4 Å². The molecule has 1 heterocycles. The molecule has 0 unspecified atom stereocenters. The van der Waals surface area contributed by atoms with Gasteiger partial charge in [0.1, 0.15) is 0 Å². The summed E-state index contributed by atoms with van der Waals surface area (Å²) in [5, 5.41) is 4.42. The van der Waals surface area contributed by atoms with Gasteiger partial charge < -0.3 is 0 Å². The van der Waals surface area contributed by atoms with Gasteiger partial charge in [-0.05, 0) is 62.5 Å². The number of fused-ring (bicyclic) bond motifs is 1. The van der Waals surface area contributed by atoms with Crippen LogP contribution >= 0.6 is 11.3 Å². The molecule has 0 spiro atoms. The van der Waals surface area contributed by atoms with Crippen LogP contribution in [0.2, 0.25) is 0 Å². The molecule has 0 saturated heterocycles. The summed E-state index contributed by atoms with van der Waals surface area (Å²) in [6.07, 6.45) is 13.2. The van der Waals surface area contributed by atoms with E-state index >= 15 is 0 Å². The fourth-order valence-corrected chi connectivity index (χ4v) is 4.77. The zero-order valence-electron chi connectivity index (χ0n) is 14.2. The first-order chi connectivity index (χ1) is 11.3. The van der Waals surface area contributed by atoms with E-state index in [1.54, 1.807) is 11.3 Å². The SMILES string of the molecule is CC[C@@H]1CCc2sc(C(=O)NN=C3CCCCCCC3)cc2C1. The second kappa shape index (κ2) is 8.09. The third kappa shape index (κ3) is 4.43. The van der Waals surface area contributed by atoms with Gasteiger partial charge in [0, 0.05) is 10.6 Å². The molecule has 3 nitrogen and oxygen atoms in total. The summed E-state index contributed by atoms with van der Waals surface area (Å²) < 4.78 is 0. The van der Waals surface area contributed by atoms with Gasteiger partial charge in [-0.15, -0.1) is 11.3 Å². The maximum atomic E-state index is 12.4. The lowest BCUT2D eigenvalue weighted by Gasteiger charge is -2.19. The molecule has 4 heteroatoms. The number of hydrazone groups is 1. The first-order valence-electron chi connectivity index (χ1n) is 9.23. The smallest absolute Gasteiger partial charge is 0.266 e. The van der Waals surface area contributed by atoms with Gasteiger partial charge in [0.2, 0.25) is 0 Å². The van der Waals surface area contributed by atoms with Crippen LogP contribution in [0.3, 0.4) is 0 Å². The zero-order chi connectivity index (χ0) is 16.1. The molecule has 3 rings (SSSR count). The largest absolute Gasteiger partial charge is 0.281 e. The van der Waals surface area contributed by atoms with E-state index in [1.165, 1.54) is 61.1 Å². The van der Waals surface area contributed by atoms with E-state index in [4.69, 9.17) is 0 Å². The highest BCUT2D eigenvalue weighted by Crippen LogP contribution is 2.33. The average Bonchev–Trinajstić information content (AvgIpc) is 2.96. The van der Waals surface area contributed by atoms with Crippen molar-refractivity contribution in [1.29, 1.82) is 0 Å². The van der Waals surface area contributed by atoms with Crippen LogP contribution in [-0.2, 0) is 12.8 Å². The van der Waals surface area contributed by atoms with Crippen molar-refractivity contribution < 1.29 is 4.79 Å². The summed E-state index contributed by atoms with van der Waals surface area (Å²) in [4.78, 5) is 14.7. The van der Waals surface area contributed by atoms with Crippen LogP contribution in [0, 0.1) is 5.92 Å². The second-order valence-corrected chi connectivity index (χ2v) is 8.10. The van der Waals surface area contributed by atoms with Crippen molar-refractivity contribution in [3.8, 4) is 0 Å². The number of rotatable bonds is 3. The Morgan fingerprint density at radius 3 is 2.70 bits per heavy atom. The fraction of sp³-hybridized carbons (Fsp3) is 0.684. The topological polar surface area (TPSA) is 41.5 Å². The minimum Gasteiger partial charge on any atom is -0.266 e. The first kappa shape index (κ1) is 16.7. The standard InChI is InChI=1S/C19H28N2OS/c1-2-14-10-11-17-15(12-14)13-18(23-17)19(22)21-20-16-8-6-4-3-5-7-9-16/h13-14H,2-12H2,1H3,(H,21,22)/t14-/m1/s1. The molecule has 23 heavy (non-hydrogen) atoms. The molecule has 1 saturated carbocycles. The Hall–Kier alpha value is -1.16. The highest BCUT2D eigenvalue weighted by molar-refractivity contribution is 7.14. The van der Waals surface area contributed by atoms with E-state index in [-0.39, 0.29) is 5.91 Å². The molecule has 1 atom stereocenters. The van der Waals surface area contributed by atoms with Crippen LogP contribution in [0.1, 0.15) is 84.8 Å². The van der Waals surface area contributed by atoms with Crippen molar-refractivity contribution in [2.24, 2.45) is 11.0 Å². The van der Waals surface area contributed by atoms with E-state index in [1.807, 2.05) is 0 Å². The van der Waals surface area contributed by atoms with Crippen molar-refractivity contribution in [3.63, 3.8) is 0 Å². The Balaban J connectivity index is 1.61. The third-order valence-electron chi connectivity index (χ3n) is 5.23. The highest BCUT2D eigenvalue weighted by atomic mass is 32.1. The predicted molar refractivity (Wildman–Crippen MR) is 97.3 cm³/mol. The maximum Gasteiger partial charge on any atom is 0.281 e. The van der Waals surface area contributed by atoms with E-state index in [2.05, 4.69) is 23.5 Å². The monoisotopic (exact) mass is 332 g/mol. The Bertz CT molecular complexity index is 566. The number of hydrogen-bond donors (Lipinski definition) is 1. The van der Waals surface area contributed by atoms with Crippen LogP contribution in [0.5, 0.6) is 0 Å². The lowest BCUT2D eigenvalue weighted by molar-refractivity contribution is 0.0958. The molecule has 2 aliphatic rings. The van der Waals surface area contributed by atoms with Gasteiger partial charge >= 0.3 is 0 Å². The summed E-state index contributed by atoms with van der Waals surface area (Å²) in [5.41, 5.74) is 5.38. The molecule has 126 valence electrons. The Kier molecular flexibility index (Phi) is 5.87. The number of aryl methyl sites for hydroxylation is 1. The number of carbonyl (C=O) groups is 1. The van der Waals surface area contributed by atoms with Gasteiger partial charge in [0.25, 0.3) is 5.91 Å². The van der Waals surface area contributed by atoms with Crippen molar-refractivity contribution >= 4 is 23.0 Å². The van der Waals surface area contributed by atoms with Crippen LogP contribution < -0.4 is 5.43 Å². The third-order valence-corrected chi connectivity index (χ3v) is 6.47. The van der Waals surface area contributed by atoms with Gasteiger partial charge in [-0.25, -0.2) is 5.43 Å². The number of carbonyl (C=O) groups excluding carboxylic acids is 1. The molecule has 0 aromatic carbocycles. The predicted octanol–water partition coefficient (Wildman–Crippen LogP) is 5.09. The molecule has 0 radical (unpaired) electrons. The zero-order valence-corrected chi connectivity index (χ0v) is 15.0. The molecule has 1 aromatic rings. The number of nitrogens with zero attached hydrogens (tertiary/aromatic N) is 1. The van der Waals surface area contributed by atoms with Crippen molar-refractivity contribution in [2.75, 3.05) is 0 Å². The molecule has 0 bridgehead atoms. The number of thiophene rings is 1. The summed E-state index contributed by atoms with van der Waals surface area (Å²) >= 11 is 1.67. The normalized spacial score (nSPS) is 22.0. The molecule has 1 aromatic heterocycles. The van der Waals surface area contributed by atoms with E-state index in [9.17, 15) is 4.79 Å². The molecule has 1 fully saturated rings. The van der Waals surface area contributed by atoms with E-state index in [0.717, 1.165) is 36.5 Å². The van der Waals surface area contributed by atoms with Gasteiger partial charge in [0.15, 0.2) is 0 Å².